The number of ether oxygens (including phenoxy) is 1. The van der Waals surface area contributed by atoms with Gasteiger partial charge in [0, 0.05) is 18.7 Å². The molecule has 136 valence electrons. The number of morpholine rings is 1. The van der Waals surface area contributed by atoms with Crippen molar-refractivity contribution in [3.05, 3.63) is 41.5 Å². The van der Waals surface area contributed by atoms with E-state index < -0.39 is 0 Å². The summed E-state index contributed by atoms with van der Waals surface area (Å²) in [6, 6.07) is 6.78. The van der Waals surface area contributed by atoms with E-state index in [2.05, 4.69) is 6.08 Å². The average molecular weight is 354 g/mol. The Balaban J connectivity index is 1.53. The van der Waals surface area contributed by atoms with Crippen LogP contribution in [0.1, 0.15) is 30.1 Å². The van der Waals surface area contributed by atoms with Crippen molar-refractivity contribution in [3.8, 4) is 0 Å². The Morgan fingerprint density at radius 3 is 2.38 bits per heavy atom. The standard InChI is InChI=1S/C20H22N2O4/c1-13-2-7-16-17(12-13)20(25)22(19(16)24)15-5-3-14(4-6-15)18(23)21-8-10-26-11-9-21/h2-6,16-17H,7-12H2,1H3/t16-,17+/m1/s1. The van der Waals surface area contributed by atoms with Gasteiger partial charge in [0.25, 0.3) is 5.91 Å². The Morgan fingerprint density at radius 1 is 1.04 bits per heavy atom. The van der Waals surface area contributed by atoms with Gasteiger partial charge >= 0.3 is 0 Å². The molecular formula is C20H22N2O4. The highest BCUT2D eigenvalue weighted by Gasteiger charge is 2.48. The summed E-state index contributed by atoms with van der Waals surface area (Å²) in [5.74, 6) is -0.800. The van der Waals surface area contributed by atoms with E-state index in [0.717, 1.165) is 0 Å². The fourth-order valence-corrected chi connectivity index (χ4v) is 3.99. The number of benzene rings is 1. The maximum atomic E-state index is 12.8. The third-order valence-electron chi connectivity index (χ3n) is 5.49. The van der Waals surface area contributed by atoms with Crippen LogP contribution in [0.15, 0.2) is 35.9 Å². The molecule has 2 atom stereocenters. The number of hydrogen-bond donors (Lipinski definition) is 0. The summed E-state index contributed by atoms with van der Waals surface area (Å²) in [6.07, 6.45) is 3.34. The van der Waals surface area contributed by atoms with Crippen molar-refractivity contribution >= 4 is 23.4 Å². The van der Waals surface area contributed by atoms with Crippen LogP contribution < -0.4 is 4.90 Å². The second-order valence-corrected chi connectivity index (χ2v) is 7.17. The van der Waals surface area contributed by atoms with Crippen LogP contribution in [0.3, 0.4) is 0 Å². The maximum absolute atomic E-state index is 12.8. The second-order valence-electron chi connectivity index (χ2n) is 7.17. The summed E-state index contributed by atoms with van der Waals surface area (Å²) >= 11 is 0. The molecule has 0 spiro atoms. The Kier molecular flexibility index (Phi) is 4.36. The van der Waals surface area contributed by atoms with E-state index in [-0.39, 0.29) is 29.6 Å². The van der Waals surface area contributed by atoms with Gasteiger partial charge in [-0.25, -0.2) is 0 Å². The lowest BCUT2D eigenvalue weighted by Gasteiger charge is -2.27. The summed E-state index contributed by atoms with van der Waals surface area (Å²) in [7, 11) is 0. The van der Waals surface area contributed by atoms with Gasteiger partial charge in [-0.2, -0.15) is 0 Å². The van der Waals surface area contributed by atoms with E-state index in [1.807, 2.05) is 6.92 Å². The summed E-state index contributed by atoms with van der Waals surface area (Å²) in [5, 5.41) is 0. The first kappa shape index (κ1) is 17.0. The number of anilines is 1. The quantitative estimate of drug-likeness (QED) is 0.602. The van der Waals surface area contributed by atoms with E-state index in [1.165, 1.54) is 10.5 Å². The van der Waals surface area contributed by atoms with Crippen molar-refractivity contribution in [2.24, 2.45) is 11.8 Å². The zero-order valence-electron chi connectivity index (χ0n) is 14.8. The largest absolute Gasteiger partial charge is 0.378 e. The van der Waals surface area contributed by atoms with Crippen molar-refractivity contribution in [3.63, 3.8) is 0 Å². The number of nitrogens with zero attached hydrogens (tertiary/aromatic N) is 2. The van der Waals surface area contributed by atoms with Gasteiger partial charge in [-0.05, 0) is 44.0 Å². The van der Waals surface area contributed by atoms with Crippen LogP contribution in [0, 0.1) is 11.8 Å². The third-order valence-corrected chi connectivity index (χ3v) is 5.49. The van der Waals surface area contributed by atoms with E-state index in [1.54, 1.807) is 29.2 Å². The van der Waals surface area contributed by atoms with E-state index in [9.17, 15) is 14.4 Å². The molecule has 1 aromatic rings. The molecule has 0 N–H and O–H groups in total. The van der Waals surface area contributed by atoms with Gasteiger partial charge in [-0.3, -0.25) is 19.3 Å². The van der Waals surface area contributed by atoms with Crippen LogP contribution in [-0.4, -0.2) is 48.9 Å². The van der Waals surface area contributed by atoms with Crippen LogP contribution in [0.25, 0.3) is 0 Å². The van der Waals surface area contributed by atoms with Crippen LogP contribution in [-0.2, 0) is 14.3 Å². The zero-order valence-corrected chi connectivity index (χ0v) is 14.8. The normalized spacial score (nSPS) is 26.0. The molecule has 0 unspecified atom stereocenters. The lowest BCUT2D eigenvalue weighted by molar-refractivity contribution is -0.122. The highest BCUT2D eigenvalue weighted by molar-refractivity contribution is 6.22. The van der Waals surface area contributed by atoms with Crippen LogP contribution in [0.4, 0.5) is 5.69 Å². The van der Waals surface area contributed by atoms with E-state index in [0.29, 0.717) is 50.4 Å². The van der Waals surface area contributed by atoms with Gasteiger partial charge in [0.2, 0.25) is 11.8 Å². The number of fused-ring (bicyclic) bond motifs is 1. The molecule has 2 aliphatic heterocycles. The summed E-state index contributed by atoms with van der Waals surface area (Å²) in [6.45, 7) is 4.27. The fourth-order valence-electron chi connectivity index (χ4n) is 3.99. The van der Waals surface area contributed by atoms with Crippen molar-refractivity contribution < 1.29 is 19.1 Å². The molecule has 0 aromatic heterocycles. The topological polar surface area (TPSA) is 66.9 Å². The molecule has 0 saturated carbocycles. The minimum Gasteiger partial charge on any atom is -0.378 e. The molecule has 4 rings (SSSR count). The predicted octanol–water partition coefficient (Wildman–Crippen LogP) is 2.00. The number of carbonyl (C=O) groups excluding carboxylic acids is 3. The molecule has 6 nitrogen and oxygen atoms in total. The van der Waals surface area contributed by atoms with Gasteiger partial charge < -0.3 is 9.64 Å². The molecule has 3 aliphatic rings. The minimum atomic E-state index is -0.249. The average Bonchev–Trinajstić information content (AvgIpc) is 2.92. The number of rotatable bonds is 2. The Morgan fingerprint density at radius 2 is 1.69 bits per heavy atom. The number of allylic oxidation sites excluding steroid dienone is 2. The predicted molar refractivity (Wildman–Crippen MR) is 95.6 cm³/mol. The van der Waals surface area contributed by atoms with Gasteiger partial charge in [0.1, 0.15) is 0 Å². The Hall–Kier alpha value is -2.47. The first-order valence-corrected chi connectivity index (χ1v) is 9.07. The lowest BCUT2D eigenvalue weighted by atomic mass is 9.82. The third kappa shape index (κ3) is 2.84. The molecule has 1 aromatic carbocycles. The number of hydrogen-bond acceptors (Lipinski definition) is 4. The van der Waals surface area contributed by atoms with Crippen molar-refractivity contribution in [2.45, 2.75) is 19.8 Å². The molecule has 2 heterocycles. The minimum absolute atomic E-state index is 0.0487. The first-order chi connectivity index (χ1) is 12.6. The van der Waals surface area contributed by atoms with E-state index >= 15 is 0 Å². The van der Waals surface area contributed by atoms with Crippen LogP contribution >= 0.6 is 0 Å². The van der Waals surface area contributed by atoms with Crippen molar-refractivity contribution in [2.75, 3.05) is 31.2 Å². The number of amides is 3. The maximum Gasteiger partial charge on any atom is 0.254 e. The molecule has 6 heteroatoms. The van der Waals surface area contributed by atoms with Gasteiger partial charge in [0.05, 0.1) is 30.7 Å². The first-order valence-electron chi connectivity index (χ1n) is 9.07. The van der Waals surface area contributed by atoms with Crippen molar-refractivity contribution in [1.82, 2.24) is 4.90 Å². The Bertz CT molecular complexity index is 778. The SMILES string of the molecule is CC1=CC[C@H]2C(=O)N(c3ccc(C(=O)N4CCOCC4)cc3)C(=O)[C@H]2C1. The van der Waals surface area contributed by atoms with Gasteiger partial charge in [0.15, 0.2) is 0 Å². The highest BCUT2D eigenvalue weighted by Crippen LogP contribution is 2.39. The highest BCUT2D eigenvalue weighted by atomic mass is 16.5. The van der Waals surface area contributed by atoms with E-state index in [4.69, 9.17) is 4.74 Å². The summed E-state index contributed by atoms with van der Waals surface area (Å²) in [4.78, 5) is 41.0. The molecule has 3 amide bonds. The van der Waals surface area contributed by atoms with Crippen LogP contribution in [0.2, 0.25) is 0 Å². The molecular weight excluding hydrogens is 332 g/mol. The zero-order chi connectivity index (χ0) is 18.3. The fraction of sp³-hybridized carbons (Fsp3) is 0.450. The molecule has 26 heavy (non-hydrogen) atoms. The lowest BCUT2D eigenvalue weighted by Crippen LogP contribution is -2.40. The van der Waals surface area contributed by atoms with Crippen molar-refractivity contribution in [1.29, 1.82) is 0 Å². The van der Waals surface area contributed by atoms with Crippen LogP contribution in [0.5, 0.6) is 0 Å². The molecule has 0 bridgehead atoms. The summed E-state index contributed by atoms with van der Waals surface area (Å²) in [5.41, 5.74) is 2.27. The number of carbonyl (C=O) groups is 3. The smallest absolute Gasteiger partial charge is 0.254 e. The molecule has 2 fully saturated rings. The number of imide groups is 1. The van der Waals surface area contributed by atoms with Gasteiger partial charge in [-0.15, -0.1) is 0 Å². The Labute approximate surface area is 152 Å². The van der Waals surface area contributed by atoms with Gasteiger partial charge in [-0.1, -0.05) is 11.6 Å². The molecule has 0 radical (unpaired) electrons. The monoisotopic (exact) mass is 354 g/mol. The second kappa shape index (κ2) is 6.68. The summed E-state index contributed by atoms with van der Waals surface area (Å²) < 4.78 is 5.27. The molecule has 2 saturated heterocycles. The molecule has 1 aliphatic carbocycles.